The van der Waals surface area contributed by atoms with Crippen LogP contribution in [0.15, 0.2) is 24.4 Å². The molecule has 0 unspecified atom stereocenters. The van der Waals surface area contributed by atoms with Crippen LogP contribution in [0.3, 0.4) is 0 Å². The number of carbonyl (C=O) groups excluding carboxylic acids is 1. The minimum atomic E-state index is -0.422. The molecule has 5 heteroatoms. The quantitative estimate of drug-likeness (QED) is 0.926. The van der Waals surface area contributed by atoms with Gasteiger partial charge in [0.15, 0.2) is 5.79 Å². The van der Waals surface area contributed by atoms with Gasteiger partial charge in [0, 0.05) is 43.0 Å². The van der Waals surface area contributed by atoms with Crippen molar-refractivity contribution in [1.29, 1.82) is 0 Å². The molecule has 0 bridgehead atoms. The first-order valence-electron chi connectivity index (χ1n) is 8.28. The predicted octanol–water partition coefficient (Wildman–Crippen LogP) is 2.38. The molecule has 1 amide bonds. The number of hydrogen-bond acceptors (Lipinski definition) is 3. The van der Waals surface area contributed by atoms with Gasteiger partial charge in [-0.1, -0.05) is 11.6 Å². The topological polar surface area (TPSA) is 54.6 Å². The van der Waals surface area contributed by atoms with E-state index in [4.69, 9.17) is 9.47 Å². The highest BCUT2D eigenvalue weighted by molar-refractivity contribution is 5.89. The highest BCUT2D eigenvalue weighted by Gasteiger charge is 2.40. The molecular weight excluding hydrogens is 292 g/mol. The van der Waals surface area contributed by atoms with E-state index in [2.05, 4.69) is 30.1 Å². The van der Waals surface area contributed by atoms with Crippen molar-refractivity contribution in [2.45, 2.75) is 32.0 Å². The summed E-state index contributed by atoms with van der Waals surface area (Å²) in [5.41, 5.74) is 3.37. The molecule has 0 saturated carbocycles. The van der Waals surface area contributed by atoms with Crippen LogP contribution in [0.2, 0.25) is 0 Å². The van der Waals surface area contributed by atoms with E-state index in [0.29, 0.717) is 32.7 Å². The zero-order valence-corrected chi connectivity index (χ0v) is 13.4. The summed E-state index contributed by atoms with van der Waals surface area (Å²) < 4.78 is 11.4. The Hall–Kier alpha value is -1.85. The standard InChI is InChI=1S/C18H22N2O3/c1-13-2-3-16-15(10-13)14(12-19-16)11-17(21)20-6-4-18(5-7-20)22-8-9-23-18/h2-3,10,12,19H,4-9,11H2,1H3. The SMILES string of the molecule is Cc1ccc2[nH]cc(CC(=O)N3CCC4(CC3)OCCO4)c2c1. The lowest BCUT2D eigenvalue weighted by atomic mass is 10.0. The van der Waals surface area contributed by atoms with E-state index in [1.807, 2.05) is 11.1 Å². The minimum Gasteiger partial charge on any atom is -0.361 e. The maximum atomic E-state index is 12.6. The average molecular weight is 314 g/mol. The fourth-order valence-corrected chi connectivity index (χ4v) is 3.60. The summed E-state index contributed by atoms with van der Waals surface area (Å²) in [5.74, 6) is -0.241. The Balaban J connectivity index is 1.44. The van der Waals surface area contributed by atoms with E-state index < -0.39 is 5.79 Å². The largest absolute Gasteiger partial charge is 0.361 e. The lowest BCUT2D eigenvalue weighted by Gasteiger charge is -2.37. The molecule has 0 aliphatic carbocycles. The van der Waals surface area contributed by atoms with Crippen molar-refractivity contribution in [3.05, 3.63) is 35.5 Å². The van der Waals surface area contributed by atoms with Gasteiger partial charge in [0.2, 0.25) is 5.91 Å². The summed E-state index contributed by atoms with van der Waals surface area (Å²) in [5, 5.41) is 1.15. The molecule has 1 aromatic carbocycles. The first kappa shape index (κ1) is 14.7. The van der Waals surface area contributed by atoms with E-state index in [0.717, 1.165) is 29.3 Å². The number of H-pyrrole nitrogens is 1. The monoisotopic (exact) mass is 314 g/mol. The maximum Gasteiger partial charge on any atom is 0.227 e. The van der Waals surface area contributed by atoms with E-state index >= 15 is 0 Å². The predicted molar refractivity (Wildman–Crippen MR) is 87.2 cm³/mol. The van der Waals surface area contributed by atoms with Crippen molar-refractivity contribution in [2.24, 2.45) is 0 Å². The molecule has 2 aromatic rings. The molecule has 23 heavy (non-hydrogen) atoms. The fraction of sp³-hybridized carbons (Fsp3) is 0.500. The lowest BCUT2D eigenvalue weighted by molar-refractivity contribution is -0.187. The van der Waals surface area contributed by atoms with E-state index in [1.165, 1.54) is 5.56 Å². The first-order chi connectivity index (χ1) is 11.2. The average Bonchev–Trinajstić information content (AvgIpc) is 3.16. The minimum absolute atomic E-state index is 0.181. The number of amides is 1. The Bertz CT molecular complexity index is 721. The maximum absolute atomic E-state index is 12.6. The van der Waals surface area contributed by atoms with Gasteiger partial charge in [-0.25, -0.2) is 0 Å². The van der Waals surface area contributed by atoms with E-state index in [-0.39, 0.29) is 5.91 Å². The lowest BCUT2D eigenvalue weighted by Crippen LogP contribution is -2.47. The molecule has 2 saturated heterocycles. The van der Waals surface area contributed by atoms with Crippen molar-refractivity contribution < 1.29 is 14.3 Å². The Morgan fingerprint density at radius 1 is 1.26 bits per heavy atom. The zero-order chi connectivity index (χ0) is 15.9. The van der Waals surface area contributed by atoms with Crippen molar-refractivity contribution in [2.75, 3.05) is 26.3 Å². The summed E-state index contributed by atoms with van der Waals surface area (Å²) in [4.78, 5) is 17.8. The molecule has 5 nitrogen and oxygen atoms in total. The molecule has 3 heterocycles. The van der Waals surface area contributed by atoms with Crippen LogP contribution in [0.25, 0.3) is 10.9 Å². The molecule has 1 spiro atoms. The van der Waals surface area contributed by atoms with Gasteiger partial charge in [0.1, 0.15) is 0 Å². The zero-order valence-electron chi connectivity index (χ0n) is 13.4. The van der Waals surface area contributed by atoms with Crippen molar-refractivity contribution in [3.8, 4) is 0 Å². The number of carbonyl (C=O) groups is 1. The van der Waals surface area contributed by atoms with Gasteiger partial charge in [-0.15, -0.1) is 0 Å². The molecule has 2 fully saturated rings. The summed E-state index contributed by atoms with van der Waals surface area (Å²) in [6, 6.07) is 6.29. The van der Waals surface area contributed by atoms with Gasteiger partial charge >= 0.3 is 0 Å². The van der Waals surface area contributed by atoms with Crippen molar-refractivity contribution in [3.63, 3.8) is 0 Å². The number of nitrogens with zero attached hydrogens (tertiary/aromatic N) is 1. The van der Waals surface area contributed by atoms with Gasteiger partial charge in [0.05, 0.1) is 19.6 Å². The Morgan fingerprint density at radius 3 is 2.74 bits per heavy atom. The number of rotatable bonds is 2. The smallest absolute Gasteiger partial charge is 0.227 e. The van der Waals surface area contributed by atoms with Crippen LogP contribution < -0.4 is 0 Å². The molecule has 1 N–H and O–H groups in total. The van der Waals surface area contributed by atoms with E-state index in [9.17, 15) is 4.79 Å². The second-order valence-corrected chi connectivity index (χ2v) is 6.53. The number of piperidine rings is 1. The second kappa shape index (κ2) is 5.65. The number of aromatic nitrogens is 1. The van der Waals surface area contributed by atoms with Gasteiger partial charge in [-0.05, 0) is 24.6 Å². The number of aryl methyl sites for hydroxylation is 1. The number of nitrogens with one attached hydrogen (secondary N) is 1. The van der Waals surface area contributed by atoms with Gasteiger partial charge in [-0.3, -0.25) is 4.79 Å². The molecule has 1 aromatic heterocycles. The Labute approximate surface area is 135 Å². The number of ether oxygens (including phenoxy) is 2. The van der Waals surface area contributed by atoms with Gasteiger partial charge in [-0.2, -0.15) is 0 Å². The van der Waals surface area contributed by atoms with Crippen molar-refractivity contribution in [1.82, 2.24) is 9.88 Å². The number of likely N-dealkylation sites (tertiary alicyclic amines) is 1. The highest BCUT2D eigenvalue weighted by atomic mass is 16.7. The molecule has 0 atom stereocenters. The van der Waals surface area contributed by atoms with Crippen LogP contribution in [0.1, 0.15) is 24.0 Å². The summed E-state index contributed by atoms with van der Waals surface area (Å²) in [6.45, 7) is 4.83. The van der Waals surface area contributed by atoms with E-state index in [1.54, 1.807) is 0 Å². The molecule has 0 radical (unpaired) electrons. The van der Waals surface area contributed by atoms with Crippen LogP contribution in [-0.4, -0.2) is 47.9 Å². The fourth-order valence-electron chi connectivity index (χ4n) is 3.60. The number of benzene rings is 1. The third-order valence-corrected chi connectivity index (χ3v) is 4.96. The number of aromatic amines is 1. The third kappa shape index (κ3) is 2.75. The number of fused-ring (bicyclic) bond motifs is 1. The molecule has 4 rings (SSSR count). The molecule has 122 valence electrons. The number of hydrogen-bond donors (Lipinski definition) is 1. The van der Waals surface area contributed by atoms with Crippen LogP contribution in [0, 0.1) is 6.92 Å². The van der Waals surface area contributed by atoms with Gasteiger partial charge < -0.3 is 19.4 Å². The molecular formula is C18H22N2O3. The van der Waals surface area contributed by atoms with Crippen LogP contribution in [0.4, 0.5) is 0 Å². The molecule has 2 aliphatic heterocycles. The highest BCUT2D eigenvalue weighted by Crippen LogP contribution is 2.31. The first-order valence-corrected chi connectivity index (χ1v) is 8.28. The molecule has 2 aliphatic rings. The van der Waals surface area contributed by atoms with Crippen LogP contribution >= 0.6 is 0 Å². The van der Waals surface area contributed by atoms with Crippen molar-refractivity contribution >= 4 is 16.8 Å². The normalized spacial score (nSPS) is 20.5. The summed E-state index contributed by atoms with van der Waals surface area (Å²) in [6.07, 6.45) is 3.94. The summed E-state index contributed by atoms with van der Waals surface area (Å²) in [7, 11) is 0. The third-order valence-electron chi connectivity index (χ3n) is 4.96. The summed E-state index contributed by atoms with van der Waals surface area (Å²) >= 11 is 0. The van der Waals surface area contributed by atoms with Crippen LogP contribution in [-0.2, 0) is 20.7 Å². The Morgan fingerprint density at radius 2 is 2.00 bits per heavy atom. The second-order valence-electron chi connectivity index (χ2n) is 6.53. The Kier molecular flexibility index (Phi) is 3.62. The van der Waals surface area contributed by atoms with Gasteiger partial charge in [0.25, 0.3) is 0 Å². The van der Waals surface area contributed by atoms with Crippen LogP contribution in [0.5, 0.6) is 0 Å².